The predicted octanol–water partition coefficient (Wildman–Crippen LogP) is 5.14. The van der Waals surface area contributed by atoms with E-state index in [0.717, 1.165) is 12.1 Å². The third kappa shape index (κ3) is 5.41. The van der Waals surface area contributed by atoms with Gasteiger partial charge in [0, 0.05) is 13.1 Å². The lowest BCUT2D eigenvalue weighted by atomic mass is 10.2. The molecular formula is C22H20BrF2NO4S. The fraction of sp³-hybridized carbons (Fsp3) is 0.182. The van der Waals surface area contributed by atoms with Gasteiger partial charge in [-0.05, 0) is 63.5 Å². The molecule has 0 saturated carbocycles. The lowest BCUT2D eigenvalue weighted by Gasteiger charge is -2.23. The van der Waals surface area contributed by atoms with Crippen molar-refractivity contribution >= 4 is 26.0 Å². The quantitative estimate of drug-likeness (QED) is 0.393. The fourth-order valence-electron chi connectivity index (χ4n) is 2.93. The van der Waals surface area contributed by atoms with Crippen molar-refractivity contribution in [1.82, 2.24) is 4.31 Å². The normalized spacial score (nSPS) is 11.5. The van der Waals surface area contributed by atoms with E-state index in [4.69, 9.17) is 9.47 Å². The second-order valence-corrected chi connectivity index (χ2v) is 9.40. The van der Waals surface area contributed by atoms with Crippen LogP contribution < -0.4 is 9.47 Å². The third-order valence-electron chi connectivity index (χ3n) is 4.63. The van der Waals surface area contributed by atoms with E-state index < -0.39 is 31.0 Å². The van der Waals surface area contributed by atoms with Gasteiger partial charge < -0.3 is 9.47 Å². The summed E-state index contributed by atoms with van der Waals surface area (Å²) in [5.41, 5.74) is 1.38. The number of hydrogen-bond acceptors (Lipinski definition) is 4. The van der Waals surface area contributed by atoms with E-state index in [1.54, 1.807) is 48.5 Å². The summed E-state index contributed by atoms with van der Waals surface area (Å²) in [6.07, 6.45) is 0. The fourth-order valence-corrected chi connectivity index (χ4v) is 4.60. The molecule has 0 atom stereocenters. The van der Waals surface area contributed by atoms with Crippen LogP contribution in [0.3, 0.4) is 0 Å². The Labute approximate surface area is 188 Å². The monoisotopic (exact) mass is 511 g/mol. The Morgan fingerprint density at radius 3 is 1.55 bits per heavy atom. The Balaban J connectivity index is 2.00. The second-order valence-electron chi connectivity index (χ2n) is 6.67. The van der Waals surface area contributed by atoms with E-state index in [9.17, 15) is 17.2 Å². The highest BCUT2D eigenvalue weighted by Gasteiger charge is 2.27. The van der Waals surface area contributed by atoms with Gasteiger partial charge in [0.1, 0.15) is 23.1 Å². The van der Waals surface area contributed by atoms with E-state index in [1.807, 2.05) is 0 Å². The maximum atomic E-state index is 14.1. The first kappa shape index (κ1) is 23.2. The van der Waals surface area contributed by atoms with Crippen molar-refractivity contribution in [2.45, 2.75) is 18.0 Å². The van der Waals surface area contributed by atoms with E-state index in [0.29, 0.717) is 22.6 Å². The zero-order valence-electron chi connectivity index (χ0n) is 16.8. The summed E-state index contributed by atoms with van der Waals surface area (Å²) < 4.78 is 65.8. The van der Waals surface area contributed by atoms with Gasteiger partial charge in [0.25, 0.3) is 0 Å². The highest BCUT2D eigenvalue weighted by Crippen LogP contribution is 2.28. The van der Waals surface area contributed by atoms with E-state index in [2.05, 4.69) is 15.9 Å². The number of sulfonamides is 1. The molecule has 3 rings (SSSR count). The SMILES string of the molecule is COc1ccc(CN(Cc2ccc(OC)cc2)S(=O)(=O)c2cc(F)c(Br)c(F)c2)cc1. The maximum Gasteiger partial charge on any atom is 0.243 e. The molecule has 31 heavy (non-hydrogen) atoms. The minimum Gasteiger partial charge on any atom is -0.497 e. The van der Waals surface area contributed by atoms with Crippen molar-refractivity contribution in [3.05, 3.63) is 87.9 Å². The number of nitrogens with zero attached hydrogens (tertiary/aromatic N) is 1. The van der Waals surface area contributed by atoms with Crippen molar-refractivity contribution in [3.63, 3.8) is 0 Å². The molecule has 0 bridgehead atoms. The average molecular weight is 512 g/mol. The standard InChI is InChI=1S/C22H20BrF2NO4S/c1-29-17-7-3-15(4-8-17)13-26(14-16-5-9-18(30-2)10-6-16)31(27,28)19-11-20(24)22(23)21(25)12-19/h3-12H,13-14H2,1-2H3. The van der Waals surface area contributed by atoms with Gasteiger partial charge in [0.15, 0.2) is 0 Å². The smallest absolute Gasteiger partial charge is 0.243 e. The molecule has 0 aliphatic heterocycles. The molecular weight excluding hydrogens is 492 g/mol. The number of halogens is 3. The van der Waals surface area contributed by atoms with E-state index in [-0.39, 0.29) is 13.1 Å². The molecule has 5 nitrogen and oxygen atoms in total. The van der Waals surface area contributed by atoms with Crippen LogP contribution in [0.2, 0.25) is 0 Å². The first-order chi connectivity index (χ1) is 14.7. The van der Waals surface area contributed by atoms with Crippen molar-refractivity contribution in [3.8, 4) is 11.5 Å². The first-order valence-electron chi connectivity index (χ1n) is 9.15. The van der Waals surface area contributed by atoms with Crippen LogP contribution in [0.1, 0.15) is 11.1 Å². The molecule has 0 fully saturated rings. The van der Waals surface area contributed by atoms with Crippen LogP contribution >= 0.6 is 15.9 Å². The molecule has 9 heteroatoms. The summed E-state index contributed by atoms with van der Waals surface area (Å²) >= 11 is 2.77. The number of benzene rings is 3. The second kappa shape index (κ2) is 9.76. The summed E-state index contributed by atoms with van der Waals surface area (Å²) in [5.74, 6) is -0.726. The lowest BCUT2D eigenvalue weighted by Crippen LogP contribution is -2.30. The van der Waals surface area contributed by atoms with Crippen LogP contribution in [0.4, 0.5) is 8.78 Å². The van der Waals surface area contributed by atoms with Gasteiger partial charge in [0.2, 0.25) is 10.0 Å². The number of methoxy groups -OCH3 is 2. The topological polar surface area (TPSA) is 55.8 Å². The Kier molecular flexibility index (Phi) is 7.30. The molecule has 164 valence electrons. The van der Waals surface area contributed by atoms with Gasteiger partial charge in [-0.25, -0.2) is 17.2 Å². The van der Waals surface area contributed by atoms with Gasteiger partial charge in [-0.15, -0.1) is 0 Å². The maximum absolute atomic E-state index is 14.1. The molecule has 3 aromatic rings. The summed E-state index contributed by atoms with van der Waals surface area (Å²) in [7, 11) is -1.15. The summed E-state index contributed by atoms with van der Waals surface area (Å²) in [6, 6.07) is 15.4. The Morgan fingerprint density at radius 1 is 0.806 bits per heavy atom. The van der Waals surface area contributed by atoms with E-state index >= 15 is 0 Å². The van der Waals surface area contributed by atoms with E-state index in [1.165, 1.54) is 18.5 Å². The van der Waals surface area contributed by atoms with Crippen LogP contribution in [-0.2, 0) is 23.1 Å². The molecule has 0 aromatic heterocycles. The molecule has 3 aromatic carbocycles. The number of ether oxygens (including phenoxy) is 2. The molecule has 0 radical (unpaired) electrons. The van der Waals surface area contributed by atoms with Gasteiger partial charge in [-0.1, -0.05) is 24.3 Å². The van der Waals surface area contributed by atoms with Crippen LogP contribution in [-0.4, -0.2) is 26.9 Å². The highest BCUT2D eigenvalue weighted by atomic mass is 79.9. The van der Waals surface area contributed by atoms with Gasteiger partial charge in [-0.2, -0.15) is 4.31 Å². The molecule has 0 spiro atoms. The predicted molar refractivity (Wildman–Crippen MR) is 116 cm³/mol. The Morgan fingerprint density at radius 2 is 1.19 bits per heavy atom. The lowest BCUT2D eigenvalue weighted by molar-refractivity contribution is 0.397. The zero-order valence-corrected chi connectivity index (χ0v) is 19.2. The first-order valence-corrected chi connectivity index (χ1v) is 11.4. The highest BCUT2D eigenvalue weighted by molar-refractivity contribution is 9.10. The average Bonchev–Trinajstić information content (AvgIpc) is 2.77. The van der Waals surface area contributed by atoms with Gasteiger partial charge in [-0.3, -0.25) is 0 Å². The third-order valence-corrected chi connectivity index (χ3v) is 7.16. The summed E-state index contributed by atoms with van der Waals surface area (Å²) in [5, 5.41) is 0. The molecule has 0 aliphatic rings. The van der Waals surface area contributed by atoms with Crippen molar-refractivity contribution in [2.24, 2.45) is 0 Å². The van der Waals surface area contributed by atoms with Crippen molar-refractivity contribution in [2.75, 3.05) is 14.2 Å². The van der Waals surface area contributed by atoms with Crippen LogP contribution in [0.15, 0.2) is 70.0 Å². The molecule has 0 aliphatic carbocycles. The molecule has 0 N–H and O–H groups in total. The minimum absolute atomic E-state index is 0.00232. The van der Waals surface area contributed by atoms with Gasteiger partial charge in [0.05, 0.1) is 23.6 Å². The summed E-state index contributed by atoms with van der Waals surface area (Å²) in [6.45, 7) is -0.00465. The molecule has 0 unspecified atom stereocenters. The number of rotatable bonds is 8. The van der Waals surface area contributed by atoms with Gasteiger partial charge >= 0.3 is 0 Å². The molecule has 0 saturated heterocycles. The zero-order chi connectivity index (χ0) is 22.6. The largest absolute Gasteiger partial charge is 0.497 e. The summed E-state index contributed by atoms with van der Waals surface area (Å²) in [4.78, 5) is -0.465. The van der Waals surface area contributed by atoms with Crippen LogP contribution in [0.25, 0.3) is 0 Å². The van der Waals surface area contributed by atoms with Crippen LogP contribution in [0, 0.1) is 11.6 Å². The van der Waals surface area contributed by atoms with Crippen molar-refractivity contribution < 1.29 is 26.7 Å². The Bertz CT molecular complexity index is 1080. The van der Waals surface area contributed by atoms with Crippen molar-refractivity contribution in [1.29, 1.82) is 0 Å². The minimum atomic E-state index is -4.22. The van der Waals surface area contributed by atoms with Crippen LogP contribution in [0.5, 0.6) is 11.5 Å². The number of hydrogen-bond donors (Lipinski definition) is 0. The Hall–Kier alpha value is -2.49. The molecule has 0 amide bonds. The molecule has 0 heterocycles.